The van der Waals surface area contributed by atoms with Gasteiger partial charge in [0.2, 0.25) is 4.96 Å². The summed E-state index contributed by atoms with van der Waals surface area (Å²) in [6, 6.07) is 9.97. The fraction of sp³-hybridized carbons (Fsp3) is 0.214. The van der Waals surface area contributed by atoms with Gasteiger partial charge in [-0.2, -0.15) is 4.52 Å². The van der Waals surface area contributed by atoms with Crippen molar-refractivity contribution < 1.29 is 4.42 Å². The second-order valence-electron chi connectivity index (χ2n) is 4.62. The molecule has 0 aliphatic rings. The zero-order chi connectivity index (χ0) is 13.5. The van der Waals surface area contributed by atoms with E-state index in [0.29, 0.717) is 0 Å². The van der Waals surface area contributed by atoms with Crippen molar-refractivity contribution in [2.75, 3.05) is 0 Å². The lowest BCUT2D eigenvalue weighted by molar-refractivity contribution is 0.628. The molecule has 1 aromatic carbocycles. The third-order valence-electron chi connectivity index (χ3n) is 3.17. The van der Waals surface area contributed by atoms with E-state index in [1.54, 1.807) is 0 Å². The number of nitrogens with zero attached hydrogens (tertiary/aromatic N) is 4. The molecule has 0 aliphatic carbocycles. The zero-order valence-electron chi connectivity index (χ0n) is 10.9. The Balaban J connectivity index is 1.84. The van der Waals surface area contributed by atoms with Crippen molar-refractivity contribution in [1.82, 2.24) is 19.8 Å². The predicted octanol–water partition coefficient (Wildman–Crippen LogP) is 3.55. The number of aromatic nitrogens is 4. The molecule has 0 saturated heterocycles. The molecule has 0 fully saturated rings. The summed E-state index contributed by atoms with van der Waals surface area (Å²) in [7, 11) is 0. The minimum absolute atomic E-state index is 0.782. The molecule has 0 bridgehead atoms. The monoisotopic (exact) mass is 284 g/mol. The van der Waals surface area contributed by atoms with Crippen molar-refractivity contribution in [1.29, 1.82) is 0 Å². The Kier molecular flexibility index (Phi) is 2.56. The van der Waals surface area contributed by atoms with E-state index in [0.717, 1.165) is 45.4 Å². The minimum Gasteiger partial charge on any atom is -0.453 e. The Morgan fingerprint density at radius 2 is 2.15 bits per heavy atom. The number of para-hydroxylation sites is 1. The Bertz CT molecular complexity index is 856. The third kappa shape index (κ3) is 1.72. The molecular formula is C14H12N4OS. The molecule has 0 radical (unpaired) electrons. The molecule has 20 heavy (non-hydrogen) atoms. The number of benzene rings is 1. The summed E-state index contributed by atoms with van der Waals surface area (Å²) in [5, 5.41) is 14.8. The summed E-state index contributed by atoms with van der Waals surface area (Å²) < 4.78 is 7.66. The summed E-state index contributed by atoms with van der Waals surface area (Å²) in [6.45, 7) is 2.12. The van der Waals surface area contributed by atoms with E-state index >= 15 is 0 Å². The van der Waals surface area contributed by atoms with E-state index in [2.05, 4.69) is 22.2 Å². The second-order valence-corrected chi connectivity index (χ2v) is 5.57. The first-order chi connectivity index (χ1) is 9.85. The normalized spacial score (nSPS) is 11.7. The van der Waals surface area contributed by atoms with Crippen LogP contribution in [-0.2, 0) is 6.42 Å². The van der Waals surface area contributed by atoms with Gasteiger partial charge in [-0.15, -0.1) is 15.3 Å². The van der Waals surface area contributed by atoms with Crippen LogP contribution in [0.4, 0.5) is 0 Å². The van der Waals surface area contributed by atoms with E-state index < -0.39 is 0 Å². The van der Waals surface area contributed by atoms with Gasteiger partial charge < -0.3 is 4.42 Å². The molecule has 0 unspecified atom stereocenters. The summed E-state index contributed by atoms with van der Waals surface area (Å²) in [4.78, 5) is 0.809. The van der Waals surface area contributed by atoms with Gasteiger partial charge in [0.15, 0.2) is 16.6 Å². The highest BCUT2D eigenvalue weighted by Gasteiger charge is 2.15. The summed E-state index contributed by atoms with van der Waals surface area (Å²) >= 11 is 1.50. The van der Waals surface area contributed by atoms with Gasteiger partial charge in [0, 0.05) is 11.8 Å². The summed E-state index contributed by atoms with van der Waals surface area (Å²) in [5.74, 6) is 1.69. The van der Waals surface area contributed by atoms with Crippen molar-refractivity contribution >= 4 is 27.3 Å². The highest BCUT2D eigenvalue weighted by Crippen LogP contribution is 2.30. The Morgan fingerprint density at radius 3 is 3.00 bits per heavy atom. The van der Waals surface area contributed by atoms with Crippen LogP contribution in [-0.4, -0.2) is 19.8 Å². The maximum absolute atomic E-state index is 5.84. The van der Waals surface area contributed by atoms with Crippen LogP contribution in [0.25, 0.3) is 26.7 Å². The highest BCUT2D eigenvalue weighted by molar-refractivity contribution is 7.19. The van der Waals surface area contributed by atoms with Crippen LogP contribution >= 0.6 is 11.3 Å². The largest absolute Gasteiger partial charge is 0.453 e. The van der Waals surface area contributed by atoms with Gasteiger partial charge in [-0.1, -0.05) is 36.5 Å². The lowest BCUT2D eigenvalue weighted by atomic mass is 10.2. The van der Waals surface area contributed by atoms with Gasteiger partial charge in [0.05, 0.1) is 0 Å². The first kappa shape index (κ1) is 11.6. The Morgan fingerprint density at radius 1 is 1.25 bits per heavy atom. The summed E-state index contributed by atoms with van der Waals surface area (Å²) in [6.07, 6.45) is 1.91. The Hall–Kier alpha value is -2.21. The zero-order valence-corrected chi connectivity index (χ0v) is 11.7. The topological polar surface area (TPSA) is 56.2 Å². The van der Waals surface area contributed by atoms with Crippen LogP contribution in [0.3, 0.4) is 0 Å². The van der Waals surface area contributed by atoms with Crippen molar-refractivity contribution in [3.05, 3.63) is 36.2 Å². The molecule has 100 valence electrons. The SMILES string of the molecule is CCCc1nnc2sc(-c3cc4ccccc4o3)nn12. The van der Waals surface area contributed by atoms with Crippen LogP contribution in [0.5, 0.6) is 0 Å². The number of hydrogen-bond acceptors (Lipinski definition) is 5. The first-order valence-corrected chi connectivity index (χ1v) is 7.37. The molecule has 0 atom stereocenters. The molecule has 0 aliphatic heterocycles. The maximum atomic E-state index is 5.84. The van der Waals surface area contributed by atoms with Gasteiger partial charge in [-0.25, -0.2) is 0 Å². The van der Waals surface area contributed by atoms with Crippen LogP contribution in [0.2, 0.25) is 0 Å². The second kappa shape index (κ2) is 4.42. The molecule has 3 aromatic heterocycles. The number of rotatable bonds is 3. The van der Waals surface area contributed by atoms with Crippen molar-refractivity contribution in [2.24, 2.45) is 0 Å². The predicted molar refractivity (Wildman–Crippen MR) is 77.9 cm³/mol. The van der Waals surface area contributed by atoms with E-state index in [9.17, 15) is 0 Å². The molecule has 0 amide bonds. The van der Waals surface area contributed by atoms with Crippen molar-refractivity contribution in [3.8, 4) is 10.8 Å². The van der Waals surface area contributed by atoms with Gasteiger partial charge in [-0.3, -0.25) is 0 Å². The van der Waals surface area contributed by atoms with Gasteiger partial charge in [-0.05, 0) is 18.6 Å². The highest BCUT2D eigenvalue weighted by atomic mass is 32.1. The average molecular weight is 284 g/mol. The van der Waals surface area contributed by atoms with Crippen LogP contribution in [0.15, 0.2) is 34.7 Å². The molecule has 5 nitrogen and oxygen atoms in total. The van der Waals surface area contributed by atoms with E-state index in [4.69, 9.17) is 4.42 Å². The molecule has 0 N–H and O–H groups in total. The quantitative estimate of drug-likeness (QED) is 0.577. The smallest absolute Gasteiger partial charge is 0.235 e. The molecule has 6 heteroatoms. The fourth-order valence-electron chi connectivity index (χ4n) is 2.22. The molecule has 0 saturated carbocycles. The van der Waals surface area contributed by atoms with E-state index in [-0.39, 0.29) is 0 Å². The van der Waals surface area contributed by atoms with Crippen LogP contribution in [0, 0.1) is 0 Å². The molecule has 0 spiro atoms. The maximum Gasteiger partial charge on any atom is 0.235 e. The molecule has 4 rings (SSSR count). The number of fused-ring (bicyclic) bond motifs is 2. The van der Waals surface area contributed by atoms with Crippen molar-refractivity contribution in [3.63, 3.8) is 0 Å². The third-order valence-corrected chi connectivity index (χ3v) is 4.08. The number of aryl methyl sites for hydroxylation is 1. The molecular weight excluding hydrogens is 272 g/mol. The molecule has 4 aromatic rings. The van der Waals surface area contributed by atoms with Gasteiger partial charge in [0.25, 0.3) is 0 Å². The lowest BCUT2D eigenvalue weighted by Crippen LogP contribution is -1.94. The fourth-order valence-corrected chi connectivity index (χ4v) is 3.03. The van der Waals surface area contributed by atoms with Gasteiger partial charge in [0.1, 0.15) is 5.58 Å². The average Bonchev–Trinajstić information content (AvgIpc) is 3.12. The van der Waals surface area contributed by atoms with Crippen molar-refractivity contribution in [2.45, 2.75) is 19.8 Å². The first-order valence-electron chi connectivity index (χ1n) is 6.55. The Labute approximate surface area is 118 Å². The number of hydrogen-bond donors (Lipinski definition) is 0. The van der Waals surface area contributed by atoms with E-state index in [1.807, 2.05) is 34.8 Å². The van der Waals surface area contributed by atoms with E-state index in [1.165, 1.54) is 11.3 Å². The van der Waals surface area contributed by atoms with Gasteiger partial charge >= 0.3 is 0 Å². The van der Waals surface area contributed by atoms with Crippen LogP contribution < -0.4 is 0 Å². The standard InChI is InChI=1S/C14H12N4OS/c1-2-5-12-15-16-14-18(12)17-13(20-14)11-8-9-6-3-4-7-10(9)19-11/h3-4,6-8H,2,5H2,1H3. The minimum atomic E-state index is 0.782. The number of furan rings is 1. The lowest BCUT2D eigenvalue weighted by Gasteiger charge is -1.90. The summed E-state index contributed by atoms with van der Waals surface area (Å²) in [5.41, 5.74) is 0.877. The molecule has 3 heterocycles. The van der Waals surface area contributed by atoms with Crippen LogP contribution in [0.1, 0.15) is 19.2 Å².